The Kier molecular flexibility index (Phi) is 4.86. The van der Waals surface area contributed by atoms with Gasteiger partial charge in [-0.1, -0.05) is 26.8 Å². The summed E-state index contributed by atoms with van der Waals surface area (Å²) in [6.07, 6.45) is 4.55. The zero-order chi connectivity index (χ0) is 17.3. The molecule has 0 unspecified atom stereocenters. The highest BCUT2D eigenvalue weighted by atomic mass is 16.5. The SMILES string of the molecule is CC(C)(C)C[C@@H]1CN(C(=O)COc2ccc3c(c2)CCC3)C[C@H]1N. The fourth-order valence-corrected chi connectivity index (χ4v) is 3.98. The van der Waals surface area contributed by atoms with Crippen LogP contribution in [0.1, 0.15) is 44.7 Å². The minimum Gasteiger partial charge on any atom is -0.484 e. The maximum atomic E-state index is 12.5. The second-order valence-corrected chi connectivity index (χ2v) is 8.56. The Bertz CT molecular complexity index is 606. The minimum absolute atomic E-state index is 0.0438. The summed E-state index contributed by atoms with van der Waals surface area (Å²) < 4.78 is 5.74. The normalized spacial score (nSPS) is 23.4. The molecular weight excluding hydrogens is 300 g/mol. The van der Waals surface area contributed by atoms with E-state index in [9.17, 15) is 4.79 Å². The lowest BCUT2D eigenvalue weighted by molar-refractivity contribution is -0.132. The van der Waals surface area contributed by atoms with Crippen LogP contribution < -0.4 is 10.5 Å². The van der Waals surface area contributed by atoms with Crippen LogP contribution in [0.4, 0.5) is 0 Å². The second kappa shape index (κ2) is 6.75. The molecule has 1 aliphatic carbocycles. The van der Waals surface area contributed by atoms with Crippen molar-refractivity contribution in [2.75, 3.05) is 19.7 Å². The van der Waals surface area contributed by atoms with Crippen molar-refractivity contribution in [1.82, 2.24) is 4.90 Å². The number of carbonyl (C=O) groups is 1. The molecule has 0 spiro atoms. The number of hydrogen-bond acceptors (Lipinski definition) is 3. The van der Waals surface area contributed by atoms with Crippen molar-refractivity contribution in [3.8, 4) is 5.75 Å². The van der Waals surface area contributed by atoms with Crippen LogP contribution in [0.15, 0.2) is 18.2 Å². The number of nitrogens with zero attached hydrogens (tertiary/aromatic N) is 1. The molecule has 4 heteroatoms. The van der Waals surface area contributed by atoms with Gasteiger partial charge in [0.25, 0.3) is 5.91 Å². The van der Waals surface area contributed by atoms with E-state index in [4.69, 9.17) is 10.5 Å². The number of benzene rings is 1. The molecule has 1 saturated heterocycles. The summed E-state index contributed by atoms with van der Waals surface area (Å²) in [6.45, 7) is 8.18. The number of fused-ring (bicyclic) bond motifs is 1. The maximum Gasteiger partial charge on any atom is 0.260 e. The molecule has 2 aliphatic rings. The number of likely N-dealkylation sites (tertiary alicyclic amines) is 1. The zero-order valence-corrected chi connectivity index (χ0v) is 15.2. The molecule has 3 rings (SSSR count). The molecule has 1 amide bonds. The summed E-state index contributed by atoms with van der Waals surface area (Å²) >= 11 is 0. The Balaban J connectivity index is 1.52. The fourth-order valence-electron chi connectivity index (χ4n) is 3.98. The fraction of sp³-hybridized carbons (Fsp3) is 0.650. The van der Waals surface area contributed by atoms with Crippen LogP contribution in [0.2, 0.25) is 0 Å². The predicted octanol–water partition coefficient (Wildman–Crippen LogP) is 2.78. The first kappa shape index (κ1) is 17.3. The first-order valence-electron chi connectivity index (χ1n) is 9.10. The van der Waals surface area contributed by atoms with Crippen molar-refractivity contribution in [2.24, 2.45) is 17.1 Å². The van der Waals surface area contributed by atoms with Crippen LogP contribution in [0.3, 0.4) is 0 Å². The van der Waals surface area contributed by atoms with E-state index >= 15 is 0 Å². The summed E-state index contributed by atoms with van der Waals surface area (Å²) in [6, 6.07) is 6.28. The molecule has 1 aromatic rings. The molecular formula is C20H30N2O2. The number of nitrogens with two attached hydrogens (primary N) is 1. The Labute approximate surface area is 145 Å². The number of hydrogen-bond donors (Lipinski definition) is 1. The average Bonchev–Trinajstić information content (AvgIpc) is 3.10. The van der Waals surface area contributed by atoms with Gasteiger partial charge in [-0.25, -0.2) is 0 Å². The highest BCUT2D eigenvalue weighted by Crippen LogP contribution is 2.30. The number of ether oxygens (including phenoxy) is 1. The quantitative estimate of drug-likeness (QED) is 0.923. The van der Waals surface area contributed by atoms with Crippen LogP contribution >= 0.6 is 0 Å². The van der Waals surface area contributed by atoms with E-state index in [1.807, 2.05) is 11.0 Å². The van der Waals surface area contributed by atoms with Gasteiger partial charge in [-0.3, -0.25) is 4.79 Å². The monoisotopic (exact) mass is 330 g/mol. The van der Waals surface area contributed by atoms with Crippen molar-refractivity contribution in [3.63, 3.8) is 0 Å². The van der Waals surface area contributed by atoms with E-state index in [1.54, 1.807) is 0 Å². The topological polar surface area (TPSA) is 55.6 Å². The lowest BCUT2D eigenvalue weighted by Gasteiger charge is -2.24. The molecule has 2 N–H and O–H groups in total. The van der Waals surface area contributed by atoms with Crippen LogP contribution in [0.25, 0.3) is 0 Å². The zero-order valence-electron chi connectivity index (χ0n) is 15.2. The van der Waals surface area contributed by atoms with Gasteiger partial charge in [-0.05, 0) is 60.3 Å². The third-order valence-electron chi connectivity index (χ3n) is 5.15. The molecule has 1 aromatic carbocycles. The molecule has 4 nitrogen and oxygen atoms in total. The summed E-state index contributed by atoms with van der Waals surface area (Å²) in [5, 5.41) is 0. The van der Waals surface area contributed by atoms with Gasteiger partial charge in [0, 0.05) is 19.1 Å². The highest BCUT2D eigenvalue weighted by Gasteiger charge is 2.35. The molecule has 24 heavy (non-hydrogen) atoms. The Morgan fingerprint density at radius 3 is 2.75 bits per heavy atom. The summed E-state index contributed by atoms with van der Waals surface area (Å²) in [5.74, 6) is 1.23. The van der Waals surface area contributed by atoms with Gasteiger partial charge in [-0.15, -0.1) is 0 Å². The largest absolute Gasteiger partial charge is 0.484 e. The lowest BCUT2D eigenvalue weighted by Crippen LogP contribution is -2.35. The molecule has 2 atom stereocenters. The highest BCUT2D eigenvalue weighted by molar-refractivity contribution is 5.78. The lowest BCUT2D eigenvalue weighted by atomic mass is 9.83. The minimum atomic E-state index is 0.0438. The van der Waals surface area contributed by atoms with Crippen molar-refractivity contribution >= 4 is 5.91 Å². The second-order valence-electron chi connectivity index (χ2n) is 8.56. The Morgan fingerprint density at radius 1 is 1.25 bits per heavy atom. The van der Waals surface area contributed by atoms with Gasteiger partial charge in [0.1, 0.15) is 5.75 Å². The van der Waals surface area contributed by atoms with Gasteiger partial charge < -0.3 is 15.4 Å². The van der Waals surface area contributed by atoms with E-state index in [-0.39, 0.29) is 24.0 Å². The van der Waals surface area contributed by atoms with Gasteiger partial charge in [0.2, 0.25) is 0 Å². The molecule has 0 bridgehead atoms. The first-order valence-corrected chi connectivity index (χ1v) is 9.10. The molecule has 1 aliphatic heterocycles. The smallest absolute Gasteiger partial charge is 0.260 e. The average molecular weight is 330 g/mol. The predicted molar refractivity (Wildman–Crippen MR) is 96.1 cm³/mol. The number of amides is 1. The van der Waals surface area contributed by atoms with Gasteiger partial charge in [0.15, 0.2) is 6.61 Å². The van der Waals surface area contributed by atoms with E-state index in [1.165, 1.54) is 17.5 Å². The van der Waals surface area contributed by atoms with Crippen molar-refractivity contribution in [2.45, 2.75) is 52.5 Å². The molecule has 132 valence electrons. The van der Waals surface area contributed by atoms with E-state index < -0.39 is 0 Å². The first-order chi connectivity index (χ1) is 11.3. The molecule has 0 radical (unpaired) electrons. The van der Waals surface area contributed by atoms with E-state index in [0.717, 1.165) is 31.6 Å². The Hall–Kier alpha value is -1.55. The van der Waals surface area contributed by atoms with Gasteiger partial charge >= 0.3 is 0 Å². The third kappa shape index (κ3) is 4.10. The molecule has 1 heterocycles. The van der Waals surface area contributed by atoms with Gasteiger partial charge in [0.05, 0.1) is 0 Å². The molecule has 0 saturated carbocycles. The van der Waals surface area contributed by atoms with Crippen LogP contribution in [-0.4, -0.2) is 36.5 Å². The number of rotatable bonds is 4. The molecule has 0 aromatic heterocycles. The van der Waals surface area contributed by atoms with E-state index in [0.29, 0.717) is 12.5 Å². The summed E-state index contributed by atoms with van der Waals surface area (Å²) in [5.41, 5.74) is 9.28. The molecule has 1 fully saturated rings. The third-order valence-corrected chi connectivity index (χ3v) is 5.15. The van der Waals surface area contributed by atoms with E-state index in [2.05, 4.69) is 32.9 Å². The number of aryl methyl sites for hydroxylation is 2. The Morgan fingerprint density at radius 2 is 2.00 bits per heavy atom. The van der Waals surface area contributed by atoms with Crippen molar-refractivity contribution in [3.05, 3.63) is 29.3 Å². The standard InChI is InChI=1S/C20H30N2O2/c1-20(2,3)10-16-11-22(12-18(16)21)19(23)13-24-17-8-7-14-5-4-6-15(14)9-17/h7-9,16,18H,4-6,10-13,21H2,1-3H3/t16-,18-/m1/s1. The summed E-state index contributed by atoms with van der Waals surface area (Å²) in [4.78, 5) is 14.3. The van der Waals surface area contributed by atoms with Crippen LogP contribution in [-0.2, 0) is 17.6 Å². The van der Waals surface area contributed by atoms with Crippen LogP contribution in [0, 0.1) is 11.3 Å². The van der Waals surface area contributed by atoms with Gasteiger partial charge in [-0.2, -0.15) is 0 Å². The van der Waals surface area contributed by atoms with Crippen molar-refractivity contribution < 1.29 is 9.53 Å². The number of carbonyl (C=O) groups excluding carboxylic acids is 1. The summed E-state index contributed by atoms with van der Waals surface area (Å²) in [7, 11) is 0. The maximum absolute atomic E-state index is 12.5. The van der Waals surface area contributed by atoms with Crippen LogP contribution in [0.5, 0.6) is 5.75 Å². The van der Waals surface area contributed by atoms with Crippen molar-refractivity contribution in [1.29, 1.82) is 0 Å².